The maximum Gasteiger partial charge on any atom is 0.410 e. The van der Waals surface area contributed by atoms with E-state index in [1.807, 2.05) is 51.3 Å². The second-order valence-electron chi connectivity index (χ2n) is 20.4. The summed E-state index contributed by atoms with van der Waals surface area (Å²) < 4.78 is 23.4. The average molecular weight is 855 g/mol. The summed E-state index contributed by atoms with van der Waals surface area (Å²) >= 11 is 0. The molecule has 2 aromatic rings. The van der Waals surface area contributed by atoms with E-state index in [4.69, 9.17) is 18.9 Å². The first-order valence-electron chi connectivity index (χ1n) is 22.6. The van der Waals surface area contributed by atoms with Crippen LogP contribution in [0, 0.1) is 27.7 Å². The summed E-state index contributed by atoms with van der Waals surface area (Å²) in [4.78, 5) is 28.3. The zero-order valence-electron chi connectivity index (χ0n) is 38.3. The molecule has 0 aromatic heterocycles. The maximum absolute atomic E-state index is 12.5. The van der Waals surface area contributed by atoms with E-state index in [1.165, 1.54) is 59.1 Å². The van der Waals surface area contributed by atoms with Crippen molar-refractivity contribution >= 4 is 24.6 Å². The first-order chi connectivity index (χ1) is 27.8. The van der Waals surface area contributed by atoms with Gasteiger partial charge < -0.3 is 39.2 Å². The molecule has 6 atom stereocenters. The van der Waals surface area contributed by atoms with Gasteiger partial charge in [0.1, 0.15) is 11.2 Å². The topological polar surface area (TPSA) is 110 Å². The second-order valence-corrected chi connectivity index (χ2v) is 20.4. The predicted molar refractivity (Wildman–Crippen MR) is 240 cm³/mol. The van der Waals surface area contributed by atoms with Crippen LogP contribution in [0.1, 0.15) is 152 Å². The fraction of sp³-hybridized carbons (Fsp3) is 0.714. The molecule has 8 rings (SSSR count). The van der Waals surface area contributed by atoms with Crippen molar-refractivity contribution < 1.29 is 33.6 Å². The van der Waals surface area contributed by atoms with Crippen LogP contribution in [-0.4, -0.2) is 92.9 Å². The van der Waals surface area contributed by atoms with E-state index in [-0.39, 0.29) is 61.0 Å². The van der Waals surface area contributed by atoms with E-state index < -0.39 is 11.2 Å². The number of hydrogen-bond donors (Lipinski definition) is 2. The number of hydrogen-bond acceptors (Lipinski definition) is 8. The van der Waals surface area contributed by atoms with Crippen LogP contribution in [0.4, 0.5) is 9.59 Å². The van der Waals surface area contributed by atoms with Gasteiger partial charge in [0.25, 0.3) is 0 Å². The molecule has 60 heavy (non-hydrogen) atoms. The van der Waals surface area contributed by atoms with Gasteiger partial charge in [-0.1, -0.05) is 36.4 Å². The van der Waals surface area contributed by atoms with Crippen molar-refractivity contribution in [2.45, 2.75) is 225 Å². The molecule has 336 valence electrons. The largest absolute Gasteiger partial charge is 0.444 e. The number of carbonyl (C=O) groups excluding carboxylic acids is 2. The number of ether oxygens (including phenoxy) is 4. The highest BCUT2D eigenvalue weighted by molar-refractivity contribution is 5.85. The number of nitrogens with zero attached hydrogens (tertiary/aromatic N) is 2. The molecule has 0 saturated carbocycles. The van der Waals surface area contributed by atoms with Gasteiger partial charge in [-0.3, -0.25) is 0 Å². The summed E-state index contributed by atoms with van der Waals surface area (Å²) in [7, 11) is 0. The molecule has 6 aliphatic rings. The Bertz CT molecular complexity index is 1660. The van der Waals surface area contributed by atoms with Crippen LogP contribution in [0.5, 0.6) is 0 Å². The van der Waals surface area contributed by atoms with Crippen LogP contribution in [0.15, 0.2) is 36.4 Å². The fourth-order valence-corrected chi connectivity index (χ4v) is 10.3. The minimum atomic E-state index is -0.438. The summed E-state index contributed by atoms with van der Waals surface area (Å²) in [5, 5.41) is 13.3. The Labute approximate surface area is 367 Å². The lowest BCUT2D eigenvalue weighted by atomic mass is 9.99. The lowest BCUT2D eigenvalue weighted by molar-refractivity contribution is -0.0398. The minimum Gasteiger partial charge on any atom is -0.444 e. The normalized spacial score (nSPS) is 29.1. The first kappa shape index (κ1) is 48.1. The molecule has 6 bridgehead atoms. The number of amides is 2. The lowest BCUT2D eigenvalue weighted by Crippen LogP contribution is -2.50. The van der Waals surface area contributed by atoms with Gasteiger partial charge in [0, 0.05) is 36.3 Å². The van der Waals surface area contributed by atoms with Crippen molar-refractivity contribution in [2.24, 2.45) is 0 Å². The molecule has 6 unspecified atom stereocenters. The van der Waals surface area contributed by atoms with Crippen LogP contribution in [0.3, 0.4) is 0 Å². The Morgan fingerprint density at radius 1 is 0.583 bits per heavy atom. The van der Waals surface area contributed by atoms with Gasteiger partial charge in [0.2, 0.25) is 0 Å². The number of piperidine rings is 3. The van der Waals surface area contributed by atoms with Crippen molar-refractivity contribution in [2.75, 3.05) is 0 Å². The van der Waals surface area contributed by atoms with Gasteiger partial charge in [0.15, 0.2) is 0 Å². The van der Waals surface area contributed by atoms with Crippen molar-refractivity contribution in [3.63, 3.8) is 0 Å². The molecule has 6 saturated heterocycles. The van der Waals surface area contributed by atoms with Gasteiger partial charge in [-0.15, -0.1) is 12.4 Å². The smallest absolute Gasteiger partial charge is 0.410 e. The van der Waals surface area contributed by atoms with Gasteiger partial charge in [-0.25, -0.2) is 9.59 Å². The minimum absolute atomic E-state index is 0. The molecule has 6 heterocycles. The number of aliphatic hydroxyl groups excluding tert-OH is 1. The predicted octanol–water partition coefficient (Wildman–Crippen LogP) is 10.2. The van der Waals surface area contributed by atoms with Crippen molar-refractivity contribution in [3.8, 4) is 0 Å². The van der Waals surface area contributed by atoms with E-state index in [0.717, 1.165) is 45.1 Å². The summed E-state index contributed by atoms with van der Waals surface area (Å²) in [6.45, 7) is 21.5. The third kappa shape index (κ3) is 12.8. The van der Waals surface area contributed by atoms with Gasteiger partial charge >= 0.3 is 12.2 Å². The molecule has 0 aliphatic carbocycles. The van der Waals surface area contributed by atoms with Crippen LogP contribution < -0.4 is 5.32 Å². The molecule has 6 fully saturated rings. The average Bonchev–Trinajstić information content (AvgIpc) is 3.73. The number of aliphatic hydroxyl groups is 1. The number of rotatable bonds is 6. The highest BCUT2D eigenvalue weighted by Crippen LogP contribution is 2.39. The summed E-state index contributed by atoms with van der Waals surface area (Å²) in [5.74, 6) is 0. The van der Waals surface area contributed by atoms with Crippen LogP contribution in [-0.2, 0) is 32.2 Å². The third-order valence-electron chi connectivity index (χ3n) is 13.3. The lowest BCUT2D eigenvalue weighted by Gasteiger charge is -2.39. The van der Waals surface area contributed by atoms with E-state index in [1.54, 1.807) is 0 Å². The van der Waals surface area contributed by atoms with E-state index in [0.29, 0.717) is 37.6 Å². The number of benzene rings is 2. The van der Waals surface area contributed by atoms with E-state index in [2.05, 4.69) is 69.4 Å². The second kappa shape index (κ2) is 20.5. The van der Waals surface area contributed by atoms with Crippen LogP contribution in [0.25, 0.3) is 0 Å². The zero-order chi connectivity index (χ0) is 42.6. The fourth-order valence-electron chi connectivity index (χ4n) is 10.3. The quantitative estimate of drug-likeness (QED) is 0.296. The summed E-state index contributed by atoms with van der Waals surface area (Å²) in [6, 6.07) is 15.2. The SMILES string of the molecule is CC(C)(C)OC(=O)N1C2CCC1CC(O)C2.Cc1cccc(C)c1COC1CC2CCC(C1)N2.Cc1cccc(C)c1COC1CC2CCC(C1)N2C(=O)OC(C)(C)C.Cl. The van der Waals surface area contributed by atoms with Crippen LogP contribution in [0.2, 0.25) is 0 Å². The Hall–Kier alpha value is -2.89. The van der Waals surface area contributed by atoms with E-state index in [9.17, 15) is 14.7 Å². The third-order valence-corrected chi connectivity index (χ3v) is 13.3. The first-order valence-corrected chi connectivity index (χ1v) is 22.6. The number of nitrogens with one attached hydrogen (secondary N) is 1. The summed E-state index contributed by atoms with van der Waals surface area (Å²) in [6.07, 6.45) is 12.5. The monoisotopic (exact) mass is 854 g/mol. The van der Waals surface area contributed by atoms with Crippen molar-refractivity contribution in [1.82, 2.24) is 15.1 Å². The number of carbonyl (C=O) groups is 2. The van der Waals surface area contributed by atoms with E-state index >= 15 is 0 Å². The number of aryl methyl sites for hydroxylation is 4. The molecule has 0 radical (unpaired) electrons. The molecule has 10 nitrogen and oxygen atoms in total. The molecule has 2 amide bonds. The number of halogens is 1. The van der Waals surface area contributed by atoms with Crippen molar-refractivity contribution in [1.29, 1.82) is 0 Å². The van der Waals surface area contributed by atoms with Crippen molar-refractivity contribution in [3.05, 3.63) is 69.8 Å². The number of fused-ring (bicyclic) bond motifs is 6. The van der Waals surface area contributed by atoms with Crippen LogP contribution >= 0.6 is 12.4 Å². The standard InChI is InChI=1S/C21H31NO3.C16H23NO.C12H21NO3.ClH/c1-14-7-6-8-15(2)19(14)13-24-18-11-16-9-10-17(12-18)22(16)20(23)25-21(3,4)5;1-11-4-3-5-12(2)16(11)10-18-15-8-13-6-7-14(9-15)17-13;1-12(2,3)16-11(15)13-8-4-5-9(13)7-10(14)6-8;/h6-8,16-18H,9-13H2,1-5H3;3-5,13-15,17H,6-10H2,1-2H3;8-10,14H,4-7H2,1-3H3;1H. The molecule has 0 spiro atoms. The Balaban J connectivity index is 0.000000174. The molecule has 2 N–H and O–H groups in total. The summed E-state index contributed by atoms with van der Waals surface area (Å²) in [5.41, 5.74) is 7.08. The Morgan fingerprint density at radius 2 is 0.917 bits per heavy atom. The Morgan fingerprint density at radius 3 is 1.27 bits per heavy atom. The Kier molecular flexibility index (Phi) is 16.5. The molecule has 11 heteroatoms. The molecular weight excluding hydrogens is 778 g/mol. The van der Waals surface area contributed by atoms with Gasteiger partial charge in [-0.2, -0.15) is 0 Å². The molecular formula is C49H76ClN3O7. The van der Waals surface area contributed by atoms with Gasteiger partial charge in [-0.05, 0) is 180 Å². The van der Waals surface area contributed by atoms with Gasteiger partial charge in [0.05, 0.1) is 31.5 Å². The molecule has 2 aromatic carbocycles. The highest BCUT2D eigenvalue weighted by Gasteiger charge is 2.46. The maximum atomic E-state index is 12.5. The zero-order valence-corrected chi connectivity index (χ0v) is 39.1. The molecule has 6 aliphatic heterocycles. The highest BCUT2D eigenvalue weighted by atomic mass is 35.5.